The Morgan fingerprint density at radius 1 is 1.56 bits per heavy atom. The Kier molecular flexibility index (Phi) is 5.91. The summed E-state index contributed by atoms with van der Waals surface area (Å²) in [6, 6.07) is 0.559. The predicted molar refractivity (Wildman–Crippen MR) is 69.0 cm³/mol. The molecule has 1 saturated carbocycles. The van der Waals surface area contributed by atoms with Gasteiger partial charge in [0.15, 0.2) is 0 Å². The third-order valence-corrected chi connectivity index (χ3v) is 4.09. The molecule has 0 amide bonds. The molecule has 0 bridgehead atoms. The Bertz CT molecular complexity index is 266. The Labute approximate surface area is 102 Å². The number of carboxylic acid groups (broad SMARTS) is 1. The van der Waals surface area contributed by atoms with Gasteiger partial charge >= 0.3 is 5.97 Å². The second kappa shape index (κ2) is 6.97. The van der Waals surface area contributed by atoms with Crippen molar-refractivity contribution in [3.05, 3.63) is 11.6 Å². The number of aliphatic carboxylic acids is 1. The smallest absolute Gasteiger partial charge is 0.328 e. The van der Waals surface area contributed by atoms with Crippen LogP contribution in [0, 0.1) is 0 Å². The average Bonchev–Trinajstić information content (AvgIpc) is 2.26. The summed E-state index contributed by atoms with van der Waals surface area (Å²) in [6.45, 7) is 2.55. The molecule has 0 aliphatic heterocycles. The van der Waals surface area contributed by atoms with Crippen molar-refractivity contribution < 1.29 is 9.90 Å². The molecule has 1 aliphatic rings. The van der Waals surface area contributed by atoms with E-state index in [2.05, 4.69) is 11.6 Å². The lowest BCUT2D eigenvalue weighted by Crippen LogP contribution is -2.36. The zero-order chi connectivity index (χ0) is 12.0. The number of carbonyl (C=O) groups is 1. The maximum absolute atomic E-state index is 10.5. The highest BCUT2D eigenvalue weighted by Gasteiger charge is 2.20. The molecule has 0 aromatic rings. The molecule has 2 unspecified atom stereocenters. The first-order valence-electron chi connectivity index (χ1n) is 5.78. The third-order valence-electron chi connectivity index (χ3n) is 3.00. The van der Waals surface area contributed by atoms with Gasteiger partial charge in [-0.25, -0.2) is 4.79 Å². The molecular formula is C12H21NO2S. The first-order chi connectivity index (χ1) is 7.61. The van der Waals surface area contributed by atoms with Gasteiger partial charge in [0.1, 0.15) is 0 Å². The van der Waals surface area contributed by atoms with Crippen LogP contribution in [0.15, 0.2) is 11.6 Å². The van der Waals surface area contributed by atoms with Crippen LogP contribution in [0.5, 0.6) is 0 Å². The maximum atomic E-state index is 10.5. The second-order valence-electron chi connectivity index (χ2n) is 4.43. The summed E-state index contributed by atoms with van der Waals surface area (Å²) in [5.74, 6) is -0.857. The lowest BCUT2D eigenvalue weighted by Gasteiger charge is -2.28. The van der Waals surface area contributed by atoms with Gasteiger partial charge in [0.25, 0.3) is 0 Å². The maximum Gasteiger partial charge on any atom is 0.328 e. The van der Waals surface area contributed by atoms with E-state index in [4.69, 9.17) is 5.11 Å². The van der Waals surface area contributed by atoms with Gasteiger partial charge in [0.2, 0.25) is 0 Å². The largest absolute Gasteiger partial charge is 0.478 e. The Balaban J connectivity index is 2.29. The summed E-state index contributed by atoms with van der Waals surface area (Å²) in [5.41, 5.74) is 0.888. The van der Waals surface area contributed by atoms with Gasteiger partial charge in [-0.15, -0.1) is 0 Å². The summed E-state index contributed by atoms with van der Waals surface area (Å²) in [4.78, 5) is 10.5. The molecule has 3 nitrogen and oxygen atoms in total. The van der Waals surface area contributed by atoms with Crippen molar-refractivity contribution in [2.75, 3.05) is 12.8 Å². The van der Waals surface area contributed by atoms with Crippen LogP contribution in [0.1, 0.15) is 32.6 Å². The van der Waals surface area contributed by atoms with Gasteiger partial charge < -0.3 is 10.4 Å². The van der Waals surface area contributed by atoms with Crippen molar-refractivity contribution in [2.24, 2.45) is 0 Å². The molecule has 1 rings (SSSR count). The van der Waals surface area contributed by atoms with Crippen LogP contribution in [-0.4, -0.2) is 35.2 Å². The molecule has 0 saturated heterocycles. The zero-order valence-corrected chi connectivity index (χ0v) is 10.8. The Hall–Kier alpha value is -0.480. The highest BCUT2D eigenvalue weighted by atomic mass is 32.2. The van der Waals surface area contributed by atoms with E-state index in [1.54, 1.807) is 0 Å². The van der Waals surface area contributed by atoms with Crippen molar-refractivity contribution in [3.8, 4) is 0 Å². The van der Waals surface area contributed by atoms with Crippen LogP contribution in [-0.2, 0) is 4.79 Å². The van der Waals surface area contributed by atoms with Crippen molar-refractivity contribution in [1.29, 1.82) is 0 Å². The fourth-order valence-corrected chi connectivity index (χ4v) is 2.94. The number of hydrogen-bond donors (Lipinski definition) is 2. The summed E-state index contributed by atoms with van der Waals surface area (Å²) < 4.78 is 0. The quantitative estimate of drug-likeness (QED) is 0.727. The Morgan fingerprint density at radius 2 is 2.31 bits per heavy atom. The van der Waals surface area contributed by atoms with Crippen LogP contribution in [0.3, 0.4) is 0 Å². The summed E-state index contributed by atoms with van der Waals surface area (Å²) >= 11 is 1.95. The molecule has 16 heavy (non-hydrogen) atoms. The van der Waals surface area contributed by atoms with Crippen molar-refractivity contribution in [3.63, 3.8) is 0 Å². The third kappa shape index (κ3) is 5.03. The number of rotatable bonds is 5. The number of hydrogen-bond acceptors (Lipinski definition) is 3. The minimum Gasteiger partial charge on any atom is -0.478 e. The van der Waals surface area contributed by atoms with Gasteiger partial charge in [-0.2, -0.15) is 11.8 Å². The van der Waals surface area contributed by atoms with E-state index in [1.807, 2.05) is 18.7 Å². The van der Waals surface area contributed by atoms with E-state index in [0.29, 0.717) is 12.6 Å². The van der Waals surface area contributed by atoms with E-state index >= 15 is 0 Å². The molecular weight excluding hydrogens is 222 g/mol. The van der Waals surface area contributed by atoms with Crippen LogP contribution < -0.4 is 5.32 Å². The molecule has 92 valence electrons. The summed E-state index contributed by atoms with van der Waals surface area (Å²) in [7, 11) is 0. The minimum atomic E-state index is -0.857. The van der Waals surface area contributed by atoms with Crippen LogP contribution >= 0.6 is 11.8 Å². The molecule has 0 aromatic carbocycles. The van der Waals surface area contributed by atoms with Gasteiger partial charge in [0, 0.05) is 23.9 Å². The fourth-order valence-electron chi connectivity index (χ4n) is 2.11. The molecule has 4 heteroatoms. The molecule has 0 aromatic heterocycles. The molecule has 2 atom stereocenters. The number of carboxylic acids is 1. The molecule has 1 aliphatic carbocycles. The van der Waals surface area contributed by atoms with Crippen molar-refractivity contribution >= 4 is 17.7 Å². The van der Waals surface area contributed by atoms with Crippen LogP contribution in [0.4, 0.5) is 0 Å². The average molecular weight is 243 g/mol. The predicted octanol–water partition coefficient (Wildman–Crippen LogP) is 2.28. The van der Waals surface area contributed by atoms with Gasteiger partial charge in [-0.3, -0.25) is 0 Å². The van der Waals surface area contributed by atoms with Gasteiger partial charge in [0.05, 0.1) is 0 Å². The molecule has 1 fully saturated rings. The van der Waals surface area contributed by atoms with Crippen LogP contribution in [0.2, 0.25) is 0 Å². The normalized spacial score (nSPS) is 26.8. The second-order valence-corrected chi connectivity index (χ2v) is 5.57. The van der Waals surface area contributed by atoms with Crippen molar-refractivity contribution in [2.45, 2.75) is 43.9 Å². The molecule has 2 N–H and O–H groups in total. The van der Waals surface area contributed by atoms with Gasteiger partial charge in [-0.05, 0) is 32.4 Å². The fraction of sp³-hybridized carbons (Fsp3) is 0.750. The lowest BCUT2D eigenvalue weighted by atomic mass is 9.95. The highest BCUT2D eigenvalue weighted by molar-refractivity contribution is 7.99. The minimum absolute atomic E-state index is 0.559. The highest BCUT2D eigenvalue weighted by Crippen LogP contribution is 2.26. The SMILES string of the molecule is CSC1CCCC(NCC(C)=CC(=O)O)C1. The van der Waals surface area contributed by atoms with E-state index < -0.39 is 5.97 Å². The van der Waals surface area contributed by atoms with E-state index in [-0.39, 0.29) is 0 Å². The first kappa shape index (κ1) is 13.6. The summed E-state index contributed by atoms with van der Waals surface area (Å²) in [6.07, 6.45) is 8.48. The van der Waals surface area contributed by atoms with Crippen LogP contribution in [0.25, 0.3) is 0 Å². The molecule has 0 heterocycles. The van der Waals surface area contributed by atoms with Gasteiger partial charge in [-0.1, -0.05) is 12.0 Å². The standard InChI is InChI=1S/C12H21NO2S/c1-9(6-12(14)15)8-13-10-4-3-5-11(7-10)16-2/h6,10-11,13H,3-5,7-8H2,1-2H3,(H,14,15). The zero-order valence-electron chi connectivity index (χ0n) is 10.0. The summed E-state index contributed by atoms with van der Waals surface area (Å²) in [5, 5.41) is 12.8. The van der Waals surface area contributed by atoms with Crippen molar-refractivity contribution in [1.82, 2.24) is 5.32 Å². The van der Waals surface area contributed by atoms with E-state index in [9.17, 15) is 4.79 Å². The molecule has 0 spiro atoms. The van der Waals surface area contributed by atoms with E-state index in [1.165, 1.54) is 31.8 Å². The lowest BCUT2D eigenvalue weighted by molar-refractivity contribution is -0.131. The Morgan fingerprint density at radius 3 is 2.94 bits per heavy atom. The monoisotopic (exact) mass is 243 g/mol. The van der Waals surface area contributed by atoms with E-state index in [0.717, 1.165) is 10.8 Å². The molecule has 0 radical (unpaired) electrons. The number of thioether (sulfide) groups is 1. The first-order valence-corrected chi connectivity index (χ1v) is 7.07. The number of nitrogens with one attached hydrogen (secondary N) is 1. The topological polar surface area (TPSA) is 49.3 Å².